The summed E-state index contributed by atoms with van der Waals surface area (Å²) in [5.74, 6) is 0. The van der Waals surface area contributed by atoms with E-state index < -0.39 is 10.0 Å². The van der Waals surface area contributed by atoms with Crippen LogP contribution < -0.4 is 5.73 Å². The van der Waals surface area contributed by atoms with Crippen molar-refractivity contribution in [3.63, 3.8) is 0 Å². The van der Waals surface area contributed by atoms with Gasteiger partial charge < -0.3 is 10.5 Å². The molecule has 19 heavy (non-hydrogen) atoms. The molecule has 1 saturated heterocycles. The van der Waals surface area contributed by atoms with Crippen molar-refractivity contribution in [2.75, 3.05) is 20.2 Å². The Morgan fingerprint density at radius 1 is 1.47 bits per heavy atom. The van der Waals surface area contributed by atoms with Crippen molar-refractivity contribution in [3.8, 4) is 0 Å². The van der Waals surface area contributed by atoms with Crippen LogP contribution in [-0.2, 0) is 21.3 Å². The predicted molar refractivity (Wildman–Crippen MR) is 75.7 cm³/mol. The van der Waals surface area contributed by atoms with Crippen LogP contribution in [0.3, 0.4) is 0 Å². The van der Waals surface area contributed by atoms with Gasteiger partial charge in [-0.2, -0.15) is 4.31 Å². The first-order valence-corrected chi connectivity index (χ1v) is 8.57. The van der Waals surface area contributed by atoms with Crippen LogP contribution in [0.15, 0.2) is 11.0 Å². The van der Waals surface area contributed by atoms with Crippen LogP contribution in [0, 0.1) is 6.92 Å². The standard InChI is InChI=1S/C12H20N2O3S2/c1-9-12(7-11(8-13)18-9)19(15,16)14-5-3-10(17-2)4-6-14/h7,10H,3-6,8,13H2,1-2H3. The van der Waals surface area contributed by atoms with Gasteiger partial charge >= 0.3 is 0 Å². The van der Waals surface area contributed by atoms with Crippen LogP contribution in [-0.4, -0.2) is 39.0 Å². The normalized spacial score (nSPS) is 18.9. The molecule has 0 radical (unpaired) electrons. The highest BCUT2D eigenvalue weighted by atomic mass is 32.2. The molecule has 0 spiro atoms. The lowest BCUT2D eigenvalue weighted by atomic mass is 10.1. The van der Waals surface area contributed by atoms with Gasteiger partial charge in [-0.1, -0.05) is 0 Å². The van der Waals surface area contributed by atoms with Gasteiger partial charge in [0.1, 0.15) is 0 Å². The average molecular weight is 304 g/mol. The van der Waals surface area contributed by atoms with Gasteiger partial charge in [0.25, 0.3) is 0 Å². The lowest BCUT2D eigenvalue weighted by Gasteiger charge is -2.30. The molecule has 5 nitrogen and oxygen atoms in total. The Morgan fingerprint density at radius 2 is 2.11 bits per heavy atom. The van der Waals surface area contributed by atoms with Crippen LogP contribution in [0.5, 0.6) is 0 Å². The molecule has 0 amide bonds. The summed E-state index contributed by atoms with van der Waals surface area (Å²) in [5.41, 5.74) is 5.58. The number of hydrogen-bond acceptors (Lipinski definition) is 5. The zero-order valence-electron chi connectivity index (χ0n) is 11.3. The smallest absolute Gasteiger partial charge is 0.244 e. The Bertz CT molecular complexity index is 531. The fourth-order valence-corrected chi connectivity index (χ4v) is 5.28. The maximum absolute atomic E-state index is 12.6. The fraction of sp³-hybridized carbons (Fsp3) is 0.667. The maximum atomic E-state index is 12.6. The first kappa shape index (κ1) is 14.9. The molecule has 108 valence electrons. The van der Waals surface area contributed by atoms with E-state index in [0.29, 0.717) is 24.5 Å². The molecule has 0 atom stereocenters. The summed E-state index contributed by atoms with van der Waals surface area (Å²) in [6.07, 6.45) is 1.68. The first-order chi connectivity index (χ1) is 8.98. The monoisotopic (exact) mass is 304 g/mol. The molecule has 0 unspecified atom stereocenters. The van der Waals surface area contributed by atoms with Gasteiger partial charge in [-0.05, 0) is 25.8 Å². The van der Waals surface area contributed by atoms with E-state index in [1.807, 2.05) is 6.92 Å². The quantitative estimate of drug-likeness (QED) is 0.910. The molecule has 7 heteroatoms. The van der Waals surface area contributed by atoms with Gasteiger partial charge in [0, 0.05) is 36.5 Å². The van der Waals surface area contributed by atoms with Crippen molar-refractivity contribution in [1.82, 2.24) is 4.31 Å². The largest absolute Gasteiger partial charge is 0.381 e. The number of hydrogen-bond donors (Lipinski definition) is 1. The van der Waals surface area contributed by atoms with E-state index >= 15 is 0 Å². The minimum absolute atomic E-state index is 0.176. The third kappa shape index (κ3) is 3.00. The highest BCUT2D eigenvalue weighted by Crippen LogP contribution is 2.29. The van der Waals surface area contributed by atoms with E-state index in [2.05, 4.69) is 0 Å². The van der Waals surface area contributed by atoms with Crippen molar-refractivity contribution in [1.29, 1.82) is 0 Å². The zero-order chi connectivity index (χ0) is 14.0. The second-order valence-electron chi connectivity index (χ2n) is 4.68. The van der Waals surface area contributed by atoms with Gasteiger partial charge in [-0.3, -0.25) is 0 Å². The molecule has 2 N–H and O–H groups in total. The zero-order valence-corrected chi connectivity index (χ0v) is 12.9. The van der Waals surface area contributed by atoms with Gasteiger partial charge in [-0.15, -0.1) is 11.3 Å². The summed E-state index contributed by atoms with van der Waals surface area (Å²) in [5, 5.41) is 0. The van der Waals surface area contributed by atoms with Crippen molar-refractivity contribution in [2.45, 2.75) is 37.3 Å². The molecule has 0 saturated carbocycles. The Hall–Kier alpha value is -0.470. The molecule has 1 aromatic rings. The maximum Gasteiger partial charge on any atom is 0.244 e. The van der Waals surface area contributed by atoms with E-state index in [1.165, 1.54) is 11.3 Å². The number of rotatable bonds is 4. The van der Waals surface area contributed by atoms with Crippen LogP contribution >= 0.6 is 11.3 Å². The van der Waals surface area contributed by atoms with E-state index in [-0.39, 0.29) is 6.10 Å². The number of sulfonamides is 1. The summed E-state index contributed by atoms with van der Waals surface area (Å²) in [6.45, 7) is 3.26. The Labute approximate surface area is 118 Å². The van der Waals surface area contributed by atoms with Crippen LogP contribution in [0.1, 0.15) is 22.6 Å². The minimum atomic E-state index is -3.38. The molecule has 0 bridgehead atoms. The van der Waals surface area contributed by atoms with E-state index in [4.69, 9.17) is 10.5 Å². The summed E-state index contributed by atoms with van der Waals surface area (Å²) in [6, 6.07) is 1.71. The van der Waals surface area contributed by atoms with Crippen LogP contribution in [0.25, 0.3) is 0 Å². The van der Waals surface area contributed by atoms with Crippen LogP contribution in [0.4, 0.5) is 0 Å². The van der Waals surface area contributed by atoms with Gasteiger partial charge in [0.2, 0.25) is 10.0 Å². The molecule has 0 aliphatic carbocycles. The fourth-order valence-electron chi connectivity index (χ4n) is 2.33. The second-order valence-corrected chi connectivity index (χ2v) is 7.92. The van der Waals surface area contributed by atoms with Gasteiger partial charge in [0.15, 0.2) is 0 Å². The minimum Gasteiger partial charge on any atom is -0.381 e. The number of piperidine rings is 1. The molecule has 2 rings (SSSR count). The second kappa shape index (κ2) is 5.88. The molecular formula is C12H20N2O3S2. The summed E-state index contributed by atoms with van der Waals surface area (Å²) < 4.78 is 32.0. The highest BCUT2D eigenvalue weighted by Gasteiger charge is 2.31. The van der Waals surface area contributed by atoms with Crippen LogP contribution in [0.2, 0.25) is 0 Å². The summed E-state index contributed by atoms with van der Waals surface area (Å²) >= 11 is 1.45. The lowest BCUT2D eigenvalue weighted by Crippen LogP contribution is -2.40. The summed E-state index contributed by atoms with van der Waals surface area (Å²) in [4.78, 5) is 2.13. The topological polar surface area (TPSA) is 72.6 Å². The average Bonchev–Trinajstić information content (AvgIpc) is 2.81. The van der Waals surface area contributed by atoms with Crippen molar-refractivity contribution >= 4 is 21.4 Å². The molecule has 2 heterocycles. The molecule has 1 fully saturated rings. The SMILES string of the molecule is COC1CCN(S(=O)(=O)c2cc(CN)sc2C)CC1. The van der Waals surface area contributed by atoms with Crippen molar-refractivity contribution in [2.24, 2.45) is 5.73 Å². The number of aryl methyl sites for hydroxylation is 1. The van der Waals surface area contributed by atoms with E-state index in [9.17, 15) is 8.42 Å². The van der Waals surface area contributed by atoms with E-state index in [0.717, 1.165) is 22.6 Å². The lowest BCUT2D eigenvalue weighted by molar-refractivity contribution is 0.0604. The Morgan fingerprint density at radius 3 is 2.58 bits per heavy atom. The molecule has 1 aliphatic rings. The summed E-state index contributed by atoms with van der Waals surface area (Å²) in [7, 11) is -1.71. The van der Waals surface area contributed by atoms with E-state index in [1.54, 1.807) is 17.5 Å². The third-order valence-corrected chi connectivity index (χ3v) is 6.70. The first-order valence-electron chi connectivity index (χ1n) is 6.31. The molecule has 1 aromatic heterocycles. The Kier molecular flexibility index (Phi) is 4.62. The molecular weight excluding hydrogens is 284 g/mol. The number of methoxy groups -OCH3 is 1. The van der Waals surface area contributed by atoms with Crippen molar-refractivity contribution < 1.29 is 13.2 Å². The number of nitrogens with two attached hydrogens (primary N) is 1. The number of nitrogens with zero attached hydrogens (tertiary/aromatic N) is 1. The van der Waals surface area contributed by atoms with Gasteiger partial charge in [-0.25, -0.2) is 8.42 Å². The predicted octanol–water partition coefficient (Wildman–Crippen LogP) is 1.31. The highest BCUT2D eigenvalue weighted by molar-refractivity contribution is 7.89. The molecule has 1 aliphatic heterocycles. The van der Waals surface area contributed by atoms with Crippen molar-refractivity contribution in [3.05, 3.63) is 15.8 Å². The van der Waals surface area contributed by atoms with Gasteiger partial charge in [0.05, 0.1) is 11.0 Å². The Balaban J connectivity index is 2.20. The molecule has 0 aromatic carbocycles. The third-order valence-electron chi connectivity index (χ3n) is 3.48. The number of ether oxygens (including phenoxy) is 1. The number of thiophene rings is 1.